The second-order valence-corrected chi connectivity index (χ2v) is 6.33. The minimum absolute atomic E-state index is 0.117. The molecule has 19 heavy (non-hydrogen) atoms. The van der Waals surface area contributed by atoms with Crippen LogP contribution in [0.3, 0.4) is 0 Å². The van der Waals surface area contributed by atoms with E-state index < -0.39 is 0 Å². The number of piperidine rings is 1. The zero-order valence-corrected chi connectivity index (χ0v) is 12.1. The third-order valence-electron chi connectivity index (χ3n) is 4.27. The molecule has 2 aliphatic heterocycles. The van der Waals surface area contributed by atoms with E-state index >= 15 is 0 Å². The van der Waals surface area contributed by atoms with Crippen molar-refractivity contribution in [2.75, 3.05) is 32.8 Å². The van der Waals surface area contributed by atoms with Gasteiger partial charge in [-0.3, -0.25) is 4.79 Å². The molecule has 2 saturated heterocycles. The Morgan fingerprint density at radius 2 is 2.21 bits per heavy atom. The van der Waals surface area contributed by atoms with E-state index in [-0.39, 0.29) is 17.4 Å². The highest BCUT2D eigenvalue weighted by Gasteiger charge is 2.32. The van der Waals surface area contributed by atoms with Crippen LogP contribution in [-0.4, -0.2) is 50.8 Å². The quantitative estimate of drug-likeness (QED) is 0.685. The zero-order valence-electron chi connectivity index (χ0n) is 12.1. The highest BCUT2D eigenvalue weighted by Crippen LogP contribution is 2.29. The normalized spacial score (nSPS) is 30.8. The monoisotopic (exact) mass is 269 g/mol. The summed E-state index contributed by atoms with van der Waals surface area (Å²) in [6.07, 6.45) is 2.95. The van der Waals surface area contributed by atoms with Crippen molar-refractivity contribution in [1.82, 2.24) is 16.0 Å². The van der Waals surface area contributed by atoms with Crippen LogP contribution in [0.25, 0.3) is 0 Å². The van der Waals surface area contributed by atoms with Gasteiger partial charge in [-0.2, -0.15) is 0 Å². The molecule has 0 bridgehead atoms. The Labute approximate surface area is 115 Å². The lowest BCUT2D eigenvalue weighted by Gasteiger charge is -2.39. The van der Waals surface area contributed by atoms with E-state index in [9.17, 15) is 4.79 Å². The summed E-state index contributed by atoms with van der Waals surface area (Å²) in [6.45, 7) is 8.55. The van der Waals surface area contributed by atoms with E-state index in [1.54, 1.807) is 0 Å². The molecular weight excluding hydrogens is 242 g/mol. The molecule has 3 N–H and O–H groups in total. The average Bonchev–Trinajstić information content (AvgIpc) is 2.38. The van der Waals surface area contributed by atoms with Crippen LogP contribution in [-0.2, 0) is 9.53 Å². The summed E-state index contributed by atoms with van der Waals surface area (Å²) in [5.74, 6) is 0.117. The lowest BCUT2D eigenvalue weighted by atomic mass is 9.77. The molecular formula is C14H27N3O2. The number of rotatable bonds is 4. The second-order valence-electron chi connectivity index (χ2n) is 6.33. The fourth-order valence-corrected chi connectivity index (χ4v) is 2.88. The molecule has 2 aliphatic rings. The van der Waals surface area contributed by atoms with Gasteiger partial charge in [0.25, 0.3) is 0 Å². The Morgan fingerprint density at radius 1 is 1.37 bits per heavy atom. The van der Waals surface area contributed by atoms with E-state index in [4.69, 9.17) is 4.74 Å². The highest BCUT2D eigenvalue weighted by atomic mass is 16.5. The maximum Gasteiger partial charge on any atom is 0.221 e. The molecule has 2 unspecified atom stereocenters. The van der Waals surface area contributed by atoms with Crippen LogP contribution < -0.4 is 16.0 Å². The van der Waals surface area contributed by atoms with Gasteiger partial charge < -0.3 is 20.7 Å². The third kappa shape index (κ3) is 4.44. The van der Waals surface area contributed by atoms with Crippen molar-refractivity contribution in [3.05, 3.63) is 0 Å². The molecule has 0 aliphatic carbocycles. The van der Waals surface area contributed by atoms with Crippen LogP contribution in [0.1, 0.15) is 33.1 Å². The summed E-state index contributed by atoms with van der Waals surface area (Å²) in [4.78, 5) is 11.9. The predicted octanol–water partition coefficient (Wildman–Crippen LogP) is 0.259. The van der Waals surface area contributed by atoms with Crippen molar-refractivity contribution in [3.63, 3.8) is 0 Å². The molecule has 110 valence electrons. The number of carbonyl (C=O) groups is 1. The van der Waals surface area contributed by atoms with Gasteiger partial charge in [0, 0.05) is 31.6 Å². The first kappa shape index (κ1) is 14.8. The minimum Gasteiger partial charge on any atom is -0.378 e. The van der Waals surface area contributed by atoms with Gasteiger partial charge in [-0.15, -0.1) is 0 Å². The van der Waals surface area contributed by atoms with Crippen molar-refractivity contribution in [1.29, 1.82) is 0 Å². The minimum atomic E-state index is 0.117. The Bertz CT molecular complexity index is 301. The van der Waals surface area contributed by atoms with Gasteiger partial charge in [0.2, 0.25) is 5.91 Å². The van der Waals surface area contributed by atoms with E-state index in [0.717, 1.165) is 26.2 Å². The number of hydrogen-bond acceptors (Lipinski definition) is 4. The van der Waals surface area contributed by atoms with Crippen LogP contribution >= 0.6 is 0 Å². The van der Waals surface area contributed by atoms with Crippen molar-refractivity contribution < 1.29 is 9.53 Å². The Morgan fingerprint density at radius 3 is 2.89 bits per heavy atom. The molecule has 2 atom stereocenters. The Kier molecular flexibility index (Phi) is 5.19. The van der Waals surface area contributed by atoms with Crippen LogP contribution in [0.15, 0.2) is 0 Å². The van der Waals surface area contributed by atoms with Gasteiger partial charge in [0.15, 0.2) is 0 Å². The van der Waals surface area contributed by atoms with Crippen LogP contribution in [0.2, 0.25) is 0 Å². The average molecular weight is 269 g/mol. The Hall–Kier alpha value is -0.650. The molecule has 0 spiro atoms. The van der Waals surface area contributed by atoms with Crippen molar-refractivity contribution >= 4 is 5.91 Å². The molecule has 0 radical (unpaired) electrons. The summed E-state index contributed by atoms with van der Waals surface area (Å²) < 4.78 is 5.36. The number of carbonyl (C=O) groups excluding carboxylic acids is 1. The van der Waals surface area contributed by atoms with E-state index in [0.29, 0.717) is 19.1 Å². The van der Waals surface area contributed by atoms with Gasteiger partial charge in [0.1, 0.15) is 0 Å². The fraction of sp³-hybridized carbons (Fsp3) is 0.929. The number of amides is 1. The smallest absolute Gasteiger partial charge is 0.221 e. The zero-order chi connectivity index (χ0) is 13.7. The molecule has 2 heterocycles. The largest absolute Gasteiger partial charge is 0.378 e. The summed E-state index contributed by atoms with van der Waals surface area (Å²) >= 11 is 0. The third-order valence-corrected chi connectivity index (χ3v) is 4.27. The van der Waals surface area contributed by atoms with Gasteiger partial charge in [-0.05, 0) is 24.8 Å². The highest BCUT2D eigenvalue weighted by molar-refractivity contribution is 5.76. The second kappa shape index (κ2) is 6.68. The van der Waals surface area contributed by atoms with Crippen LogP contribution in [0.4, 0.5) is 0 Å². The number of hydrogen-bond donors (Lipinski definition) is 3. The van der Waals surface area contributed by atoms with E-state index in [1.165, 1.54) is 12.8 Å². The first-order chi connectivity index (χ1) is 9.08. The molecule has 2 fully saturated rings. The van der Waals surface area contributed by atoms with Gasteiger partial charge in [-0.25, -0.2) is 0 Å². The Balaban J connectivity index is 1.70. The molecule has 0 aromatic heterocycles. The number of nitrogens with one attached hydrogen (secondary N) is 3. The molecule has 0 aromatic rings. The standard InChI is InChI=1S/C14H27N3O2/c1-14(2)4-3-5-16-12(14)9-17-13(18)8-11-10-19-7-6-15-11/h11-12,15-16H,3-10H2,1-2H3,(H,17,18). The van der Waals surface area contributed by atoms with Crippen molar-refractivity contribution in [2.45, 2.75) is 45.2 Å². The van der Waals surface area contributed by atoms with Crippen LogP contribution in [0.5, 0.6) is 0 Å². The lowest BCUT2D eigenvalue weighted by Crippen LogP contribution is -2.53. The van der Waals surface area contributed by atoms with Crippen LogP contribution in [0, 0.1) is 5.41 Å². The summed E-state index contributed by atoms with van der Waals surface area (Å²) in [5.41, 5.74) is 0.262. The van der Waals surface area contributed by atoms with Gasteiger partial charge >= 0.3 is 0 Å². The molecule has 5 nitrogen and oxygen atoms in total. The molecule has 0 saturated carbocycles. The SMILES string of the molecule is CC1(C)CCCNC1CNC(=O)CC1COCCN1. The first-order valence-corrected chi connectivity index (χ1v) is 7.39. The van der Waals surface area contributed by atoms with E-state index in [1.807, 2.05) is 0 Å². The summed E-state index contributed by atoms with van der Waals surface area (Å²) in [6, 6.07) is 0.543. The predicted molar refractivity (Wildman–Crippen MR) is 75.0 cm³/mol. The topological polar surface area (TPSA) is 62.4 Å². The van der Waals surface area contributed by atoms with Crippen molar-refractivity contribution in [2.24, 2.45) is 5.41 Å². The molecule has 1 amide bonds. The maximum atomic E-state index is 11.9. The fourth-order valence-electron chi connectivity index (χ4n) is 2.88. The van der Waals surface area contributed by atoms with Gasteiger partial charge in [0.05, 0.1) is 13.2 Å². The summed E-state index contributed by atoms with van der Waals surface area (Å²) in [5, 5.41) is 9.87. The first-order valence-electron chi connectivity index (χ1n) is 7.39. The molecule has 5 heteroatoms. The number of ether oxygens (including phenoxy) is 1. The maximum absolute atomic E-state index is 11.9. The van der Waals surface area contributed by atoms with Gasteiger partial charge in [-0.1, -0.05) is 13.8 Å². The lowest BCUT2D eigenvalue weighted by molar-refractivity contribution is -0.122. The molecule has 0 aromatic carbocycles. The summed E-state index contributed by atoms with van der Waals surface area (Å²) in [7, 11) is 0. The molecule has 2 rings (SSSR count). The van der Waals surface area contributed by atoms with E-state index in [2.05, 4.69) is 29.8 Å². The van der Waals surface area contributed by atoms with Crippen molar-refractivity contribution in [3.8, 4) is 0 Å². The number of morpholine rings is 1.